The molecule has 1 heterocycles. The molecule has 21 heavy (non-hydrogen) atoms. The van der Waals surface area contributed by atoms with Crippen LogP contribution in [0.4, 0.5) is 0 Å². The van der Waals surface area contributed by atoms with E-state index in [2.05, 4.69) is 63.1 Å². The lowest BCUT2D eigenvalue weighted by Gasteiger charge is -2.21. The van der Waals surface area contributed by atoms with Crippen LogP contribution in [-0.4, -0.2) is 16.3 Å². The van der Waals surface area contributed by atoms with Gasteiger partial charge in [0.05, 0.1) is 16.8 Å². The molecule has 0 spiro atoms. The van der Waals surface area contributed by atoms with Crippen LogP contribution in [0, 0.1) is 0 Å². The third-order valence-electron chi connectivity index (χ3n) is 3.36. The molecule has 0 saturated heterocycles. The summed E-state index contributed by atoms with van der Waals surface area (Å²) in [7, 11) is 0. The van der Waals surface area contributed by atoms with E-state index >= 15 is 0 Å². The molecular weight excluding hydrogens is 350 g/mol. The molecule has 0 aliphatic rings. The number of aromatic nitrogens is 2. The molecule has 1 aromatic carbocycles. The summed E-state index contributed by atoms with van der Waals surface area (Å²) in [6.07, 6.45) is 4.03. The van der Waals surface area contributed by atoms with Crippen LogP contribution in [0.15, 0.2) is 34.9 Å². The van der Waals surface area contributed by atoms with Crippen molar-refractivity contribution in [2.75, 3.05) is 6.54 Å². The molecular formula is C16H21BrClN3. The minimum absolute atomic E-state index is 0.132. The minimum atomic E-state index is 0.132. The van der Waals surface area contributed by atoms with E-state index in [9.17, 15) is 0 Å². The monoisotopic (exact) mass is 369 g/mol. The van der Waals surface area contributed by atoms with Gasteiger partial charge < -0.3 is 5.32 Å². The van der Waals surface area contributed by atoms with E-state index < -0.39 is 0 Å². The van der Waals surface area contributed by atoms with Crippen molar-refractivity contribution in [2.45, 2.75) is 39.3 Å². The van der Waals surface area contributed by atoms with E-state index in [0.29, 0.717) is 0 Å². The number of hydrogen-bond acceptors (Lipinski definition) is 2. The number of hydrogen-bond donors (Lipinski definition) is 1. The highest BCUT2D eigenvalue weighted by Gasteiger charge is 2.18. The largest absolute Gasteiger partial charge is 0.305 e. The van der Waals surface area contributed by atoms with Crippen molar-refractivity contribution in [2.24, 2.45) is 0 Å². The van der Waals surface area contributed by atoms with Crippen molar-refractivity contribution < 1.29 is 0 Å². The maximum atomic E-state index is 6.11. The van der Waals surface area contributed by atoms with Crippen molar-refractivity contribution in [1.82, 2.24) is 15.1 Å². The molecule has 0 saturated carbocycles. The fraction of sp³-hybridized carbons (Fsp3) is 0.438. The summed E-state index contributed by atoms with van der Waals surface area (Å²) >= 11 is 9.62. The summed E-state index contributed by atoms with van der Waals surface area (Å²) in [4.78, 5) is 0. The Hall–Kier alpha value is -0.840. The summed E-state index contributed by atoms with van der Waals surface area (Å²) < 4.78 is 3.00. The Morgan fingerprint density at radius 3 is 2.76 bits per heavy atom. The molecule has 0 radical (unpaired) electrons. The lowest BCUT2D eigenvalue weighted by atomic mass is 10.0. The molecule has 0 amide bonds. The molecule has 1 aromatic heterocycles. The van der Waals surface area contributed by atoms with Crippen LogP contribution in [0.3, 0.4) is 0 Å². The van der Waals surface area contributed by atoms with Crippen LogP contribution in [-0.2, 0) is 6.54 Å². The second kappa shape index (κ2) is 7.97. The van der Waals surface area contributed by atoms with Crippen LogP contribution in [0.2, 0.25) is 5.02 Å². The molecule has 0 aliphatic carbocycles. The zero-order valence-corrected chi connectivity index (χ0v) is 14.8. The Labute approximate surface area is 139 Å². The van der Waals surface area contributed by atoms with Crippen LogP contribution in [0.5, 0.6) is 0 Å². The average molecular weight is 371 g/mol. The highest BCUT2D eigenvalue weighted by molar-refractivity contribution is 9.10. The molecule has 2 rings (SSSR count). The van der Waals surface area contributed by atoms with Crippen LogP contribution >= 0.6 is 27.5 Å². The SMILES string of the molecule is CCCNC(c1ccc(Cl)c(Br)c1)c1ccnn1CCC. The topological polar surface area (TPSA) is 29.9 Å². The fourth-order valence-corrected chi connectivity index (χ4v) is 2.87. The maximum Gasteiger partial charge on any atom is 0.0748 e. The number of aryl methyl sites for hydroxylation is 1. The third-order valence-corrected chi connectivity index (χ3v) is 4.57. The standard InChI is InChI=1S/C16H21BrClN3/c1-3-8-19-16(12-5-6-14(18)13(17)11-12)15-7-9-20-21(15)10-4-2/h5-7,9,11,16,19H,3-4,8,10H2,1-2H3. The van der Waals surface area contributed by atoms with Gasteiger partial charge in [0.2, 0.25) is 0 Å². The van der Waals surface area contributed by atoms with E-state index in [0.717, 1.165) is 35.4 Å². The van der Waals surface area contributed by atoms with Gasteiger partial charge in [-0.25, -0.2) is 0 Å². The van der Waals surface area contributed by atoms with E-state index in [1.807, 2.05) is 12.3 Å². The number of benzene rings is 1. The van der Waals surface area contributed by atoms with Crippen LogP contribution < -0.4 is 5.32 Å². The number of nitrogens with zero attached hydrogens (tertiary/aromatic N) is 2. The molecule has 0 bridgehead atoms. The van der Waals surface area contributed by atoms with Crippen LogP contribution in [0.1, 0.15) is 44.0 Å². The number of nitrogens with one attached hydrogen (secondary N) is 1. The fourth-order valence-electron chi connectivity index (χ4n) is 2.36. The molecule has 0 fully saturated rings. The summed E-state index contributed by atoms with van der Waals surface area (Å²) in [5.74, 6) is 0. The van der Waals surface area contributed by atoms with Crippen molar-refractivity contribution in [1.29, 1.82) is 0 Å². The Bertz CT molecular complexity index is 583. The Morgan fingerprint density at radius 2 is 2.10 bits per heavy atom. The molecule has 1 unspecified atom stereocenters. The first-order valence-electron chi connectivity index (χ1n) is 7.37. The summed E-state index contributed by atoms with van der Waals surface area (Å²) in [5.41, 5.74) is 2.39. The van der Waals surface area contributed by atoms with Gasteiger partial charge in [-0.3, -0.25) is 4.68 Å². The zero-order chi connectivity index (χ0) is 15.2. The lowest BCUT2D eigenvalue weighted by Crippen LogP contribution is -2.26. The highest BCUT2D eigenvalue weighted by atomic mass is 79.9. The lowest BCUT2D eigenvalue weighted by molar-refractivity contribution is 0.511. The van der Waals surface area contributed by atoms with Gasteiger partial charge in [-0.2, -0.15) is 5.10 Å². The minimum Gasteiger partial charge on any atom is -0.305 e. The Kier molecular flexibility index (Phi) is 6.27. The van der Waals surface area contributed by atoms with Gasteiger partial charge in [0.1, 0.15) is 0 Å². The summed E-state index contributed by atoms with van der Waals surface area (Å²) in [6, 6.07) is 8.31. The highest BCUT2D eigenvalue weighted by Crippen LogP contribution is 2.29. The predicted molar refractivity (Wildman–Crippen MR) is 91.8 cm³/mol. The van der Waals surface area contributed by atoms with Crippen molar-refractivity contribution >= 4 is 27.5 Å². The zero-order valence-electron chi connectivity index (χ0n) is 12.4. The third kappa shape index (κ3) is 4.09. The second-order valence-corrected chi connectivity index (χ2v) is 6.30. The van der Waals surface area contributed by atoms with E-state index in [4.69, 9.17) is 11.6 Å². The van der Waals surface area contributed by atoms with Gasteiger partial charge in [0, 0.05) is 17.2 Å². The molecule has 0 aliphatic heterocycles. The van der Waals surface area contributed by atoms with Crippen molar-refractivity contribution in [3.8, 4) is 0 Å². The van der Waals surface area contributed by atoms with Gasteiger partial charge >= 0.3 is 0 Å². The first-order valence-corrected chi connectivity index (χ1v) is 8.54. The average Bonchev–Trinajstić information content (AvgIpc) is 2.92. The van der Waals surface area contributed by atoms with Gasteiger partial charge in [0.25, 0.3) is 0 Å². The van der Waals surface area contributed by atoms with Gasteiger partial charge in [-0.05, 0) is 59.1 Å². The molecule has 2 aromatic rings. The second-order valence-electron chi connectivity index (χ2n) is 5.04. The molecule has 5 heteroatoms. The van der Waals surface area contributed by atoms with Crippen molar-refractivity contribution in [3.63, 3.8) is 0 Å². The predicted octanol–water partition coefficient (Wildman–Crippen LogP) is 4.80. The quantitative estimate of drug-likeness (QED) is 0.759. The molecule has 1 atom stereocenters. The smallest absolute Gasteiger partial charge is 0.0748 e. The van der Waals surface area contributed by atoms with E-state index in [-0.39, 0.29) is 6.04 Å². The van der Waals surface area contributed by atoms with Gasteiger partial charge in [-0.15, -0.1) is 0 Å². The Morgan fingerprint density at radius 1 is 1.29 bits per heavy atom. The summed E-state index contributed by atoms with van der Waals surface area (Å²) in [6.45, 7) is 6.23. The van der Waals surface area contributed by atoms with Gasteiger partial charge in [-0.1, -0.05) is 31.5 Å². The van der Waals surface area contributed by atoms with Crippen LogP contribution in [0.25, 0.3) is 0 Å². The molecule has 114 valence electrons. The molecule has 1 N–H and O–H groups in total. The normalized spacial score (nSPS) is 12.6. The number of rotatable bonds is 7. The summed E-state index contributed by atoms with van der Waals surface area (Å²) in [5, 5.41) is 8.78. The first kappa shape index (κ1) is 16.5. The van der Waals surface area contributed by atoms with E-state index in [1.54, 1.807) is 0 Å². The first-order chi connectivity index (χ1) is 10.2. The van der Waals surface area contributed by atoms with Gasteiger partial charge in [0.15, 0.2) is 0 Å². The van der Waals surface area contributed by atoms with Crippen molar-refractivity contribution in [3.05, 3.63) is 51.2 Å². The maximum absolute atomic E-state index is 6.11. The molecule has 3 nitrogen and oxygen atoms in total. The Balaban J connectivity index is 2.37. The number of halogens is 2. The van der Waals surface area contributed by atoms with E-state index in [1.165, 1.54) is 11.3 Å².